The second-order valence-corrected chi connectivity index (χ2v) is 8.92. The van der Waals surface area contributed by atoms with E-state index in [0.717, 1.165) is 30.5 Å². The number of amides is 3. The van der Waals surface area contributed by atoms with Gasteiger partial charge in [0.05, 0.1) is 11.8 Å². The van der Waals surface area contributed by atoms with Gasteiger partial charge >= 0.3 is 116 Å². The number of rotatable bonds is 20. The van der Waals surface area contributed by atoms with Gasteiger partial charge in [-0.2, -0.15) is 0 Å². The van der Waals surface area contributed by atoms with Crippen LogP contribution in [0.2, 0.25) is 0 Å². The van der Waals surface area contributed by atoms with Crippen molar-refractivity contribution in [1.82, 2.24) is 10.6 Å². The topological polar surface area (TPSA) is 147 Å². The number of allylic oxidation sites excluding steroid dienone is 2. The Hall–Kier alpha value is 0.0804. The largest absolute Gasteiger partial charge is 1.00 e. The van der Waals surface area contributed by atoms with Gasteiger partial charge in [-0.3, -0.25) is 9.59 Å². The third-order valence-electron chi connectivity index (χ3n) is 5.39. The normalized spacial score (nSPS) is 10.4. The summed E-state index contributed by atoms with van der Waals surface area (Å²) in [6, 6.07) is 6.69. The van der Waals surface area contributed by atoms with E-state index in [1.165, 1.54) is 6.08 Å². The number of benzene rings is 1. The zero-order valence-corrected chi connectivity index (χ0v) is 34.5. The Bertz CT molecular complexity index is 955. The molecule has 1 aromatic carbocycles. The molecule has 2 N–H and O–H groups in total. The molecule has 3 amide bonds. The molecule has 0 radical (unpaired) electrons. The summed E-state index contributed by atoms with van der Waals surface area (Å²) in [7, 11) is 1.74. The number of carbonyl (C=O) groups excluding carboxylic acids is 5. The van der Waals surface area contributed by atoms with Crippen LogP contribution in [-0.4, -0.2) is 62.6 Å². The SMILES string of the molecule is CN/C(C)=C\C(=O)Cc1ccc([N-]C(=O)CC(=O)[N-]CCOCCCC(=O)NCCCCCC(C)=O)cc1.[Rb+].[Rb+]. The van der Waals surface area contributed by atoms with Crippen molar-refractivity contribution in [3.8, 4) is 0 Å². The first-order valence-corrected chi connectivity index (χ1v) is 13.0. The van der Waals surface area contributed by atoms with Gasteiger partial charge in [0.2, 0.25) is 5.91 Å². The molecule has 0 spiro atoms. The molecule has 0 aliphatic rings. The van der Waals surface area contributed by atoms with Crippen LogP contribution in [0.15, 0.2) is 36.0 Å². The Morgan fingerprint density at radius 1 is 0.875 bits per heavy atom. The Labute approximate surface area is 335 Å². The van der Waals surface area contributed by atoms with E-state index in [2.05, 4.69) is 21.3 Å². The number of nitrogens with one attached hydrogen (secondary N) is 2. The molecular formula is C28H40N4O6Rb2. The molecule has 0 fully saturated rings. The predicted octanol–water partition coefficient (Wildman–Crippen LogP) is -2.19. The average Bonchev–Trinajstić information content (AvgIpc) is 2.86. The molecule has 40 heavy (non-hydrogen) atoms. The second kappa shape index (κ2) is 26.7. The van der Waals surface area contributed by atoms with Crippen LogP contribution in [0.25, 0.3) is 10.6 Å². The van der Waals surface area contributed by atoms with E-state index < -0.39 is 18.2 Å². The van der Waals surface area contributed by atoms with Crippen LogP contribution >= 0.6 is 0 Å². The van der Waals surface area contributed by atoms with Crippen molar-refractivity contribution >= 4 is 35.0 Å². The summed E-state index contributed by atoms with van der Waals surface area (Å²) in [5.74, 6) is -1.06. The Morgan fingerprint density at radius 3 is 2.23 bits per heavy atom. The third kappa shape index (κ3) is 23.6. The van der Waals surface area contributed by atoms with E-state index in [9.17, 15) is 24.0 Å². The van der Waals surface area contributed by atoms with Gasteiger partial charge in [0.15, 0.2) is 5.78 Å². The van der Waals surface area contributed by atoms with E-state index in [4.69, 9.17) is 4.74 Å². The molecule has 0 bridgehead atoms. The maximum absolute atomic E-state index is 12.0. The molecule has 1 aromatic rings. The van der Waals surface area contributed by atoms with Gasteiger partial charge in [0.25, 0.3) is 0 Å². The molecule has 10 nitrogen and oxygen atoms in total. The summed E-state index contributed by atoms with van der Waals surface area (Å²) in [6.07, 6.45) is 5.46. The molecule has 0 aliphatic heterocycles. The minimum absolute atomic E-state index is 0. The van der Waals surface area contributed by atoms with Crippen molar-refractivity contribution < 1.29 is 145 Å². The summed E-state index contributed by atoms with van der Waals surface area (Å²) in [4.78, 5) is 58.5. The van der Waals surface area contributed by atoms with Gasteiger partial charge in [-0.25, -0.2) is 0 Å². The molecule has 0 unspecified atom stereocenters. The molecule has 0 heterocycles. The van der Waals surface area contributed by atoms with Crippen LogP contribution in [-0.2, 0) is 35.1 Å². The summed E-state index contributed by atoms with van der Waals surface area (Å²) in [5, 5.41) is 13.4. The Kier molecular flexibility index (Phi) is 28.2. The average molecular weight is 700 g/mol. The van der Waals surface area contributed by atoms with E-state index in [1.54, 1.807) is 45.2 Å². The fourth-order valence-electron chi connectivity index (χ4n) is 3.29. The van der Waals surface area contributed by atoms with Crippen LogP contribution in [0.4, 0.5) is 5.69 Å². The standard InChI is InChI=1S/C28H42N4O6.2Rb/c1-21(29-3)18-25(34)19-23-10-12-24(13-11-23)32-28(37)20-27(36)31-15-17-38-16-7-9-26(35)30-14-6-4-5-8-22(2)33;;/h10-13,18H,4-9,14-17,19-20H2,1-3H3,(H4,29,30,31,32,34,35,36,37);;/q;2*+1/p-2. The summed E-state index contributed by atoms with van der Waals surface area (Å²) in [6.45, 7) is 4.71. The number of carbonyl (C=O) groups is 5. The minimum atomic E-state index is -0.596. The molecule has 0 atom stereocenters. The van der Waals surface area contributed by atoms with Crippen molar-refractivity contribution in [2.45, 2.75) is 65.2 Å². The zero-order chi connectivity index (χ0) is 28.2. The number of unbranched alkanes of at least 4 members (excludes halogenated alkanes) is 2. The van der Waals surface area contributed by atoms with E-state index in [1.807, 2.05) is 0 Å². The summed E-state index contributed by atoms with van der Waals surface area (Å²) < 4.78 is 5.38. The number of ether oxygens (including phenoxy) is 1. The molecule has 12 heteroatoms. The minimum Gasteiger partial charge on any atom is -0.651 e. The first-order valence-electron chi connectivity index (χ1n) is 13.0. The van der Waals surface area contributed by atoms with Crippen molar-refractivity contribution in [3.05, 3.63) is 52.2 Å². The molecule has 0 aliphatic carbocycles. The molecule has 0 saturated carbocycles. The predicted molar refractivity (Wildman–Crippen MR) is 146 cm³/mol. The molecule has 1 rings (SSSR count). The fourth-order valence-corrected chi connectivity index (χ4v) is 3.29. The third-order valence-corrected chi connectivity index (χ3v) is 5.39. The van der Waals surface area contributed by atoms with Crippen molar-refractivity contribution in [3.63, 3.8) is 0 Å². The first-order chi connectivity index (χ1) is 18.2. The van der Waals surface area contributed by atoms with Crippen molar-refractivity contribution in [1.29, 1.82) is 0 Å². The van der Waals surface area contributed by atoms with E-state index in [-0.39, 0.29) is 153 Å². The number of hydrogen-bond donors (Lipinski definition) is 2. The van der Waals surface area contributed by atoms with Crippen molar-refractivity contribution in [2.75, 3.05) is 33.4 Å². The molecule has 210 valence electrons. The summed E-state index contributed by atoms with van der Waals surface area (Å²) >= 11 is 0. The van der Waals surface area contributed by atoms with E-state index in [0.29, 0.717) is 38.1 Å². The second-order valence-electron chi connectivity index (χ2n) is 8.92. The Balaban J connectivity index is 0. The van der Waals surface area contributed by atoms with Gasteiger partial charge in [-0.15, -0.1) is 12.2 Å². The van der Waals surface area contributed by atoms with Gasteiger partial charge in [-0.05, 0) is 38.7 Å². The van der Waals surface area contributed by atoms with Crippen LogP contribution in [0.5, 0.6) is 0 Å². The van der Waals surface area contributed by atoms with Gasteiger partial charge < -0.3 is 40.4 Å². The van der Waals surface area contributed by atoms with Crippen LogP contribution in [0.1, 0.15) is 64.4 Å². The van der Waals surface area contributed by atoms with Crippen molar-refractivity contribution in [2.24, 2.45) is 0 Å². The Morgan fingerprint density at radius 2 is 1.57 bits per heavy atom. The number of ketones is 2. The van der Waals surface area contributed by atoms with Gasteiger partial charge in [0, 0.05) is 64.3 Å². The zero-order valence-electron chi connectivity index (χ0n) is 24.7. The molecule has 0 aromatic heterocycles. The first kappa shape index (κ1) is 42.2. The molecular weight excluding hydrogens is 659 g/mol. The summed E-state index contributed by atoms with van der Waals surface area (Å²) in [5.41, 5.74) is 1.98. The maximum Gasteiger partial charge on any atom is 1.00 e. The molecule has 0 saturated heterocycles. The maximum atomic E-state index is 12.0. The van der Waals surface area contributed by atoms with Crippen LogP contribution < -0.4 is 127 Å². The van der Waals surface area contributed by atoms with Gasteiger partial charge in [0.1, 0.15) is 5.78 Å². The monoisotopic (exact) mass is 698 g/mol. The van der Waals surface area contributed by atoms with E-state index >= 15 is 0 Å². The fraction of sp³-hybridized carbons (Fsp3) is 0.536. The number of hydrogen-bond acceptors (Lipinski definition) is 7. The quantitative estimate of drug-likeness (QED) is 0.0894. The smallest absolute Gasteiger partial charge is 0.651 e. The van der Waals surface area contributed by atoms with Crippen LogP contribution in [0.3, 0.4) is 0 Å². The van der Waals surface area contributed by atoms with Crippen LogP contribution in [0, 0.1) is 0 Å². The number of Topliss-reactive ketones (excluding diaryl/α,β-unsaturated/α-hetero) is 1. The van der Waals surface area contributed by atoms with Gasteiger partial charge in [-0.1, -0.05) is 30.7 Å². The number of nitrogens with zero attached hydrogens (tertiary/aromatic N) is 2.